The fourth-order valence-corrected chi connectivity index (χ4v) is 1.69. The molecule has 0 aromatic carbocycles. The van der Waals surface area contributed by atoms with Crippen molar-refractivity contribution in [1.82, 2.24) is 9.80 Å². The Balaban J connectivity index is 2.52. The first-order valence-corrected chi connectivity index (χ1v) is 5.29. The SMILES string of the molecule is CCN(C)C(=O)N(C)C(CN)C1CC1. The van der Waals surface area contributed by atoms with Crippen molar-refractivity contribution in [1.29, 1.82) is 0 Å². The standard InChI is InChI=1S/C10H21N3O/c1-4-12(2)10(14)13(3)9(7-11)8-5-6-8/h8-9H,4-7,11H2,1-3H3. The molecule has 1 aliphatic rings. The third kappa shape index (κ3) is 2.38. The number of rotatable bonds is 4. The number of nitrogens with two attached hydrogens (primary N) is 1. The molecular weight excluding hydrogens is 178 g/mol. The van der Waals surface area contributed by atoms with Crippen molar-refractivity contribution in [2.75, 3.05) is 27.2 Å². The minimum atomic E-state index is 0.0786. The predicted molar refractivity (Wildman–Crippen MR) is 57.0 cm³/mol. The van der Waals surface area contributed by atoms with Crippen LogP contribution in [0.25, 0.3) is 0 Å². The summed E-state index contributed by atoms with van der Waals surface area (Å²) in [6, 6.07) is 0.311. The molecule has 0 aromatic rings. The molecule has 1 rings (SSSR count). The quantitative estimate of drug-likeness (QED) is 0.725. The van der Waals surface area contributed by atoms with Crippen molar-refractivity contribution < 1.29 is 4.79 Å². The molecule has 82 valence electrons. The highest BCUT2D eigenvalue weighted by Gasteiger charge is 2.35. The van der Waals surface area contributed by atoms with Gasteiger partial charge in [-0.1, -0.05) is 0 Å². The highest BCUT2D eigenvalue weighted by Crippen LogP contribution is 2.34. The average molecular weight is 199 g/mol. The van der Waals surface area contributed by atoms with Crippen LogP contribution in [0.3, 0.4) is 0 Å². The molecule has 1 unspecified atom stereocenters. The van der Waals surface area contributed by atoms with Gasteiger partial charge in [0.05, 0.1) is 0 Å². The highest BCUT2D eigenvalue weighted by molar-refractivity contribution is 5.74. The van der Waals surface area contributed by atoms with Crippen LogP contribution >= 0.6 is 0 Å². The molecule has 0 aromatic heterocycles. The highest BCUT2D eigenvalue weighted by atomic mass is 16.2. The topological polar surface area (TPSA) is 49.6 Å². The average Bonchev–Trinajstić information content (AvgIpc) is 3.00. The molecular formula is C10H21N3O. The molecule has 0 saturated heterocycles. The first-order chi connectivity index (χ1) is 6.61. The molecule has 1 atom stereocenters. The van der Waals surface area contributed by atoms with Gasteiger partial charge in [-0.15, -0.1) is 0 Å². The minimum absolute atomic E-state index is 0.0786. The molecule has 0 heterocycles. The van der Waals surface area contributed by atoms with E-state index in [0.29, 0.717) is 12.5 Å². The van der Waals surface area contributed by atoms with Crippen LogP contribution in [0.1, 0.15) is 19.8 Å². The van der Waals surface area contributed by atoms with Crippen molar-refractivity contribution >= 4 is 6.03 Å². The van der Waals surface area contributed by atoms with Crippen molar-refractivity contribution in [3.05, 3.63) is 0 Å². The van der Waals surface area contributed by atoms with Gasteiger partial charge in [0.1, 0.15) is 0 Å². The summed E-state index contributed by atoms with van der Waals surface area (Å²) in [5, 5.41) is 0. The van der Waals surface area contributed by atoms with Crippen molar-refractivity contribution in [3.8, 4) is 0 Å². The van der Waals surface area contributed by atoms with Crippen LogP contribution in [0.4, 0.5) is 4.79 Å². The Bertz CT molecular complexity index is 204. The third-order valence-corrected chi connectivity index (χ3v) is 3.01. The maximum absolute atomic E-state index is 11.8. The van der Waals surface area contributed by atoms with Gasteiger partial charge in [0.25, 0.3) is 0 Å². The summed E-state index contributed by atoms with van der Waals surface area (Å²) in [6.45, 7) is 3.29. The van der Waals surface area contributed by atoms with Crippen LogP contribution in [0, 0.1) is 5.92 Å². The summed E-state index contributed by atoms with van der Waals surface area (Å²) in [7, 11) is 3.67. The molecule has 4 nitrogen and oxygen atoms in total. The van der Waals surface area contributed by atoms with E-state index in [2.05, 4.69) is 0 Å². The zero-order valence-corrected chi connectivity index (χ0v) is 9.36. The van der Waals surface area contributed by atoms with Crippen LogP contribution in [-0.4, -0.2) is 49.1 Å². The number of hydrogen-bond donors (Lipinski definition) is 1. The summed E-state index contributed by atoms with van der Waals surface area (Å²) in [4.78, 5) is 15.3. The minimum Gasteiger partial charge on any atom is -0.328 e. The van der Waals surface area contributed by atoms with E-state index < -0.39 is 0 Å². The summed E-state index contributed by atoms with van der Waals surface area (Å²) >= 11 is 0. The van der Waals surface area contributed by atoms with Gasteiger partial charge in [0.2, 0.25) is 0 Å². The molecule has 1 fully saturated rings. The smallest absolute Gasteiger partial charge is 0.319 e. The summed E-state index contributed by atoms with van der Waals surface area (Å²) < 4.78 is 0. The Morgan fingerprint density at radius 2 is 2.07 bits per heavy atom. The predicted octanol–water partition coefficient (Wildman–Crippen LogP) is 0.727. The van der Waals surface area contributed by atoms with Crippen molar-refractivity contribution in [3.63, 3.8) is 0 Å². The van der Waals surface area contributed by atoms with Crippen molar-refractivity contribution in [2.45, 2.75) is 25.8 Å². The van der Waals surface area contributed by atoms with Crippen molar-refractivity contribution in [2.24, 2.45) is 11.7 Å². The molecule has 0 bridgehead atoms. The van der Waals surface area contributed by atoms with E-state index in [1.807, 2.05) is 21.0 Å². The van der Waals surface area contributed by atoms with Gasteiger partial charge < -0.3 is 15.5 Å². The van der Waals surface area contributed by atoms with Gasteiger partial charge in [-0.05, 0) is 25.7 Å². The van der Waals surface area contributed by atoms with E-state index in [1.165, 1.54) is 12.8 Å². The summed E-state index contributed by atoms with van der Waals surface area (Å²) in [6.07, 6.45) is 2.44. The lowest BCUT2D eigenvalue weighted by Gasteiger charge is -2.30. The molecule has 14 heavy (non-hydrogen) atoms. The second-order valence-electron chi connectivity index (χ2n) is 4.05. The molecule has 4 heteroatoms. The Morgan fingerprint density at radius 1 is 1.50 bits per heavy atom. The largest absolute Gasteiger partial charge is 0.328 e. The van der Waals surface area contributed by atoms with Gasteiger partial charge in [-0.3, -0.25) is 0 Å². The number of urea groups is 1. The Labute approximate surface area is 86.0 Å². The fourth-order valence-electron chi connectivity index (χ4n) is 1.69. The summed E-state index contributed by atoms with van der Waals surface area (Å²) in [5.41, 5.74) is 5.68. The maximum atomic E-state index is 11.8. The Hall–Kier alpha value is -0.770. The van der Waals surface area contributed by atoms with E-state index in [9.17, 15) is 4.79 Å². The van der Waals surface area contributed by atoms with Gasteiger partial charge in [0.15, 0.2) is 0 Å². The van der Waals surface area contributed by atoms with Gasteiger partial charge in [0, 0.05) is 33.2 Å². The number of likely N-dealkylation sites (N-methyl/N-ethyl adjacent to an activating group) is 1. The molecule has 2 amide bonds. The van der Waals surface area contributed by atoms with E-state index >= 15 is 0 Å². The second-order valence-corrected chi connectivity index (χ2v) is 4.05. The zero-order valence-electron chi connectivity index (χ0n) is 9.36. The molecule has 0 radical (unpaired) electrons. The monoisotopic (exact) mass is 199 g/mol. The van der Waals surface area contributed by atoms with Gasteiger partial charge in [-0.2, -0.15) is 0 Å². The Morgan fingerprint density at radius 3 is 2.43 bits per heavy atom. The van der Waals surface area contributed by atoms with Crippen LogP contribution in [0.5, 0.6) is 0 Å². The summed E-state index contributed by atoms with van der Waals surface area (Å²) in [5.74, 6) is 0.638. The fraction of sp³-hybridized carbons (Fsp3) is 0.900. The third-order valence-electron chi connectivity index (χ3n) is 3.01. The van der Waals surface area contributed by atoms with Crippen LogP contribution in [0.15, 0.2) is 0 Å². The zero-order chi connectivity index (χ0) is 10.7. The molecule has 0 aliphatic heterocycles. The van der Waals surface area contributed by atoms with E-state index in [4.69, 9.17) is 5.73 Å². The first kappa shape index (κ1) is 11.3. The lowest BCUT2D eigenvalue weighted by atomic mass is 10.1. The molecule has 2 N–H and O–H groups in total. The van der Waals surface area contributed by atoms with E-state index in [1.54, 1.807) is 9.80 Å². The number of amides is 2. The van der Waals surface area contributed by atoms with E-state index in [-0.39, 0.29) is 12.1 Å². The molecule has 0 spiro atoms. The lowest BCUT2D eigenvalue weighted by Crippen LogP contribution is -2.48. The van der Waals surface area contributed by atoms with E-state index in [0.717, 1.165) is 6.54 Å². The number of nitrogens with zero attached hydrogens (tertiary/aromatic N) is 2. The van der Waals surface area contributed by atoms with Gasteiger partial charge in [-0.25, -0.2) is 4.79 Å². The number of carbonyl (C=O) groups excluding carboxylic acids is 1. The molecule has 1 saturated carbocycles. The van der Waals surface area contributed by atoms with Crippen LogP contribution in [0.2, 0.25) is 0 Å². The molecule has 1 aliphatic carbocycles. The Kier molecular flexibility index (Phi) is 3.75. The normalized spacial score (nSPS) is 17.7. The van der Waals surface area contributed by atoms with Gasteiger partial charge >= 0.3 is 6.03 Å². The second kappa shape index (κ2) is 4.64. The maximum Gasteiger partial charge on any atom is 0.319 e. The van der Waals surface area contributed by atoms with Crippen LogP contribution in [-0.2, 0) is 0 Å². The number of carbonyl (C=O) groups is 1. The number of hydrogen-bond acceptors (Lipinski definition) is 2. The first-order valence-electron chi connectivity index (χ1n) is 5.29. The van der Waals surface area contributed by atoms with Crippen LogP contribution < -0.4 is 5.73 Å². The lowest BCUT2D eigenvalue weighted by molar-refractivity contribution is 0.153.